The van der Waals surface area contributed by atoms with Crippen LogP contribution in [0.25, 0.3) is 0 Å². The predicted molar refractivity (Wildman–Crippen MR) is 82.5 cm³/mol. The lowest BCUT2D eigenvalue weighted by atomic mass is 9.85. The fraction of sp³-hybridized carbons (Fsp3) is 0.533. The first-order valence-electron chi connectivity index (χ1n) is 6.51. The molecule has 0 radical (unpaired) electrons. The molecule has 114 valence electrons. The monoisotopic (exact) mass is 302 g/mol. The van der Waals surface area contributed by atoms with Gasteiger partial charge in [0.05, 0.1) is 12.6 Å². The number of benzene rings is 1. The van der Waals surface area contributed by atoms with Crippen LogP contribution in [0.15, 0.2) is 24.3 Å². The molecule has 1 amide bonds. The minimum Gasteiger partial charge on any atom is -0.348 e. The first-order valence-corrected chi connectivity index (χ1v) is 6.51. The summed E-state index contributed by atoms with van der Waals surface area (Å²) in [5.41, 5.74) is 1.01. The first-order chi connectivity index (χ1) is 8.81. The van der Waals surface area contributed by atoms with Crippen LogP contribution in [0.2, 0.25) is 0 Å². The average Bonchev–Trinajstić information content (AvgIpc) is 2.27. The Balaban J connectivity index is 0.00000361. The van der Waals surface area contributed by atoms with Crippen LogP contribution in [0, 0.1) is 11.2 Å². The zero-order valence-electron chi connectivity index (χ0n) is 12.5. The van der Waals surface area contributed by atoms with Crippen molar-refractivity contribution in [3.8, 4) is 0 Å². The summed E-state index contributed by atoms with van der Waals surface area (Å²) in [5, 5.41) is 5.81. The van der Waals surface area contributed by atoms with E-state index in [1.807, 2.05) is 0 Å². The number of carbonyl (C=O) groups is 1. The van der Waals surface area contributed by atoms with E-state index in [1.165, 1.54) is 12.1 Å². The highest BCUT2D eigenvalue weighted by Crippen LogP contribution is 2.29. The lowest BCUT2D eigenvalue weighted by Crippen LogP contribution is -2.36. The molecule has 0 saturated heterocycles. The maximum atomic E-state index is 13.0. The van der Waals surface area contributed by atoms with E-state index in [0.717, 1.165) is 12.0 Å². The van der Waals surface area contributed by atoms with Crippen LogP contribution in [0.1, 0.15) is 38.8 Å². The van der Waals surface area contributed by atoms with Gasteiger partial charge < -0.3 is 10.6 Å². The third-order valence-corrected chi connectivity index (χ3v) is 2.76. The molecule has 0 heterocycles. The van der Waals surface area contributed by atoms with Crippen LogP contribution >= 0.6 is 12.4 Å². The molecule has 2 N–H and O–H groups in total. The molecule has 0 aliphatic heterocycles. The topological polar surface area (TPSA) is 41.1 Å². The lowest BCUT2D eigenvalue weighted by Gasteiger charge is -2.27. The van der Waals surface area contributed by atoms with Crippen molar-refractivity contribution in [3.05, 3.63) is 35.6 Å². The van der Waals surface area contributed by atoms with E-state index in [-0.39, 0.29) is 42.1 Å². The molecule has 0 aliphatic rings. The van der Waals surface area contributed by atoms with E-state index in [0.29, 0.717) is 0 Å². The van der Waals surface area contributed by atoms with Gasteiger partial charge >= 0.3 is 0 Å². The number of carbonyl (C=O) groups excluding carboxylic acids is 1. The smallest absolute Gasteiger partial charge is 0.234 e. The summed E-state index contributed by atoms with van der Waals surface area (Å²) in [6.07, 6.45) is 0.800. The quantitative estimate of drug-likeness (QED) is 0.878. The van der Waals surface area contributed by atoms with Gasteiger partial charge in [-0.25, -0.2) is 4.39 Å². The zero-order valence-corrected chi connectivity index (χ0v) is 13.3. The number of amides is 1. The SMILES string of the molecule is CNCC(=O)NC(CC(C)(C)C)c1ccc(F)cc1.Cl. The molecule has 1 unspecified atom stereocenters. The molecule has 0 spiro atoms. The number of hydrogen-bond acceptors (Lipinski definition) is 2. The van der Waals surface area contributed by atoms with Gasteiger partial charge in [-0.05, 0) is 36.6 Å². The average molecular weight is 303 g/mol. The third kappa shape index (κ3) is 6.87. The number of rotatable bonds is 5. The van der Waals surface area contributed by atoms with Crippen molar-refractivity contribution < 1.29 is 9.18 Å². The molecular weight excluding hydrogens is 279 g/mol. The molecule has 1 aromatic rings. The first kappa shape index (κ1) is 18.9. The maximum absolute atomic E-state index is 13.0. The van der Waals surface area contributed by atoms with Crippen molar-refractivity contribution in [2.45, 2.75) is 33.2 Å². The van der Waals surface area contributed by atoms with Crippen LogP contribution in [-0.4, -0.2) is 19.5 Å². The number of halogens is 2. The second kappa shape index (κ2) is 8.22. The summed E-state index contributed by atoms with van der Waals surface area (Å²) in [4.78, 5) is 11.7. The Hall–Kier alpha value is -1.13. The Bertz CT molecular complexity index is 415. The minimum absolute atomic E-state index is 0. The highest BCUT2D eigenvalue weighted by Gasteiger charge is 2.21. The molecule has 5 heteroatoms. The van der Waals surface area contributed by atoms with Gasteiger partial charge in [0.15, 0.2) is 0 Å². The molecule has 3 nitrogen and oxygen atoms in total. The summed E-state index contributed by atoms with van der Waals surface area (Å²) in [7, 11) is 1.73. The molecule has 1 atom stereocenters. The summed E-state index contributed by atoms with van der Waals surface area (Å²) in [5.74, 6) is -0.319. The van der Waals surface area contributed by atoms with Crippen molar-refractivity contribution in [1.82, 2.24) is 10.6 Å². The summed E-state index contributed by atoms with van der Waals surface area (Å²) in [6, 6.07) is 6.21. The third-order valence-electron chi connectivity index (χ3n) is 2.76. The highest BCUT2D eigenvalue weighted by atomic mass is 35.5. The van der Waals surface area contributed by atoms with Gasteiger partial charge in [0.1, 0.15) is 5.82 Å². The van der Waals surface area contributed by atoms with Crippen LogP contribution in [0.5, 0.6) is 0 Å². The van der Waals surface area contributed by atoms with Crippen molar-refractivity contribution >= 4 is 18.3 Å². The fourth-order valence-corrected chi connectivity index (χ4v) is 1.97. The van der Waals surface area contributed by atoms with E-state index in [1.54, 1.807) is 19.2 Å². The van der Waals surface area contributed by atoms with Crippen LogP contribution in [-0.2, 0) is 4.79 Å². The Labute approximate surface area is 126 Å². The van der Waals surface area contributed by atoms with E-state index in [9.17, 15) is 9.18 Å². The van der Waals surface area contributed by atoms with E-state index < -0.39 is 0 Å². The summed E-state index contributed by atoms with van der Waals surface area (Å²) in [6.45, 7) is 6.64. The predicted octanol–water partition coefficient (Wildman–Crippen LogP) is 3.06. The van der Waals surface area contributed by atoms with Crippen LogP contribution in [0.4, 0.5) is 4.39 Å². The second-order valence-electron chi connectivity index (χ2n) is 5.97. The van der Waals surface area contributed by atoms with Gasteiger partial charge in [-0.2, -0.15) is 0 Å². The van der Waals surface area contributed by atoms with Gasteiger partial charge in [-0.3, -0.25) is 4.79 Å². The fourth-order valence-electron chi connectivity index (χ4n) is 1.97. The molecule has 0 bridgehead atoms. The standard InChI is InChI=1S/C15H23FN2O.ClH/c1-15(2,3)9-13(18-14(19)10-17-4)11-5-7-12(16)8-6-11;/h5-8,13,17H,9-10H2,1-4H3,(H,18,19);1H. The van der Waals surface area contributed by atoms with Gasteiger partial charge in [-0.15, -0.1) is 12.4 Å². The van der Waals surface area contributed by atoms with Gasteiger partial charge in [0, 0.05) is 0 Å². The van der Waals surface area contributed by atoms with Gasteiger partial charge in [-0.1, -0.05) is 32.9 Å². The molecule has 1 aromatic carbocycles. The van der Waals surface area contributed by atoms with Crippen LogP contribution in [0.3, 0.4) is 0 Å². The van der Waals surface area contributed by atoms with E-state index in [4.69, 9.17) is 0 Å². The Kier molecular flexibility index (Phi) is 7.76. The van der Waals surface area contributed by atoms with E-state index in [2.05, 4.69) is 31.4 Å². The number of likely N-dealkylation sites (N-methyl/N-ethyl adjacent to an activating group) is 1. The number of nitrogens with one attached hydrogen (secondary N) is 2. The molecule has 1 rings (SSSR count). The summed E-state index contributed by atoms with van der Waals surface area (Å²) < 4.78 is 13.0. The van der Waals surface area contributed by atoms with E-state index >= 15 is 0 Å². The van der Waals surface area contributed by atoms with Crippen molar-refractivity contribution in [2.24, 2.45) is 5.41 Å². The van der Waals surface area contributed by atoms with Crippen molar-refractivity contribution in [2.75, 3.05) is 13.6 Å². The number of hydrogen-bond donors (Lipinski definition) is 2. The van der Waals surface area contributed by atoms with Crippen molar-refractivity contribution in [1.29, 1.82) is 0 Å². The maximum Gasteiger partial charge on any atom is 0.234 e. The lowest BCUT2D eigenvalue weighted by molar-refractivity contribution is -0.121. The molecule has 0 aliphatic carbocycles. The zero-order chi connectivity index (χ0) is 14.5. The minimum atomic E-state index is -0.264. The second-order valence-corrected chi connectivity index (χ2v) is 5.97. The molecule has 0 fully saturated rings. The Morgan fingerprint density at radius 2 is 1.80 bits per heavy atom. The molecular formula is C15H24ClFN2O. The highest BCUT2D eigenvalue weighted by molar-refractivity contribution is 5.85. The largest absolute Gasteiger partial charge is 0.348 e. The van der Waals surface area contributed by atoms with Crippen molar-refractivity contribution in [3.63, 3.8) is 0 Å². The molecule has 20 heavy (non-hydrogen) atoms. The summed E-state index contributed by atoms with van der Waals surface area (Å²) >= 11 is 0. The van der Waals surface area contributed by atoms with Gasteiger partial charge in [0.2, 0.25) is 5.91 Å². The normalized spacial score (nSPS) is 12.4. The Morgan fingerprint density at radius 1 is 1.25 bits per heavy atom. The molecule has 0 aromatic heterocycles. The Morgan fingerprint density at radius 3 is 2.25 bits per heavy atom. The molecule has 0 saturated carbocycles. The van der Waals surface area contributed by atoms with Gasteiger partial charge in [0.25, 0.3) is 0 Å². The van der Waals surface area contributed by atoms with Crippen LogP contribution < -0.4 is 10.6 Å².